The van der Waals surface area contributed by atoms with Crippen molar-refractivity contribution in [3.63, 3.8) is 0 Å². The summed E-state index contributed by atoms with van der Waals surface area (Å²) >= 11 is 5.89. The molecule has 0 radical (unpaired) electrons. The first-order valence-electron chi connectivity index (χ1n) is 6.97. The van der Waals surface area contributed by atoms with Gasteiger partial charge in [0.1, 0.15) is 5.69 Å². The van der Waals surface area contributed by atoms with E-state index in [1.807, 2.05) is 6.07 Å². The van der Waals surface area contributed by atoms with Crippen molar-refractivity contribution in [1.82, 2.24) is 10.3 Å². The van der Waals surface area contributed by atoms with Crippen LogP contribution in [0.2, 0.25) is 5.02 Å². The molecule has 1 aliphatic rings. The molecular weight excluding hydrogens is 361 g/mol. The lowest BCUT2D eigenvalue weighted by molar-refractivity contribution is -0.192. The molecule has 0 amide bonds. The molecule has 0 atom stereocenters. The van der Waals surface area contributed by atoms with Gasteiger partial charge in [-0.15, -0.1) is 0 Å². The fourth-order valence-electron chi connectivity index (χ4n) is 2.08. The van der Waals surface area contributed by atoms with Crippen LogP contribution in [-0.4, -0.2) is 28.0 Å². The van der Waals surface area contributed by atoms with Gasteiger partial charge >= 0.3 is 12.1 Å². The first-order valence-corrected chi connectivity index (χ1v) is 7.35. The molecule has 2 aromatic rings. The van der Waals surface area contributed by atoms with Gasteiger partial charge < -0.3 is 10.4 Å². The Kier molecular flexibility index (Phi) is 5.76. The molecule has 0 bridgehead atoms. The van der Waals surface area contributed by atoms with Gasteiger partial charge in [-0.05, 0) is 29.3 Å². The van der Waals surface area contributed by atoms with Crippen molar-refractivity contribution < 1.29 is 27.9 Å². The minimum Gasteiger partial charge on any atom is -0.475 e. The number of hydrogen-bond acceptors (Lipinski definition) is 4. The van der Waals surface area contributed by atoms with Crippen LogP contribution in [0.25, 0.3) is 0 Å². The van der Waals surface area contributed by atoms with Crippen LogP contribution in [0.15, 0.2) is 36.5 Å². The molecule has 1 aromatic heterocycles. The highest BCUT2D eigenvalue weighted by Crippen LogP contribution is 2.18. The molecule has 25 heavy (non-hydrogen) atoms. The van der Waals surface area contributed by atoms with Gasteiger partial charge in [0.2, 0.25) is 5.78 Å². The minimum atomic E-state index is -5.08. The van der Waals surface area contributed by atoms with Crippen molar-refractivity contribution in [1.29, 1.82) is 0 Å². The number of aliphatic carboxylic acids is 1. The number of alkyl halides is 3. The molecule has 5 nitrogen and oxygen atoms in total. The van der Waals surface area contributed by atoms with E-state index in [0.29, 0.717) is 16.3 Å². The lowest BCUT2D eigenvalue weighted by Gasteiger charge is -2.03. The molecule has 2 heterocycles. The number of aromatic nitrogens is 1. The summed E-state index contributed by atoms with van der Waals surface area (Å²) in [6, 6.07) is 8.79. The summed E-state index contributed by atoms with van der Waals surface area (Å²) in [6.07, 6.45) is -3.31. The molecule has 132 valence electrons. The van der Waals surface area contributed by atoms with Crippen LogP contribution in [0.1, 0.15) is 27.2 Å². The van der Waals surface area contributed by atoms with Gasteiger partial charge in [0.15, 0.2) is 0 Å². The molecule has 2 N–H and O–H groups in total. The summed E-state index contributed by atoms with van der Waals surface area (Å²) in [5.41, 5.74) is 3.36. The predicted molar refractivity (Wildman–Crippen MR) is 83.4 cm³/mol. The number of carbonyl (C=O) groups excluding carboxylic acids is 1. The highest BCUT2D eigenvalue weighted by Gasteiger charge is 2.38. The smallest absolute Gasteiger partial charge is 0.475 e. The molecule has 0 aliphatic carbocycles. The maximum absolute atomic E-state index is 12.3. The van der Waals surface area contributed by atoms with Crippen LogP contribution in [-0.2, 0) is 17.9 Å². The molecule has 0 spiro atoms. The van der Waals surface area contributed by atoms with Crippen molar-refractivity contribution in [2.75, 3.05) is 0 Å². The molecule has 3 rings (SSSR count). The van der Waals surface area contributed by atoms with E-state index < -0.39 is 12.1 Å². The van der Waals surface area contributed by atoms with Gasteiger partial charge in [0.05, 0.1) is 0 Å². The molecule has 9 heteroatoms. The summed E-state index contributed by atoms with van der Waals surface area (Å²) < 4.78 is 31.7. The molecule has 0 saturated heterocycles. The van der Waals surface area contributed by atoms with Crippen LogP contribution in [0.4, 0.5) is 13.2 Å². The standard InChI is InChI=1S/C14H11ClN2O.C2HF3O2/c15-12-3-1-2-9(4-12)14(18)13-5-10-6-16-7-11(10)8-17-13;3-2(4,5)1(6)7/h1-5,8,16H,6-7H2;(H,6,7). The Labute approximate surface area is 145 Å². The number of rotatable bonds is 2. The van der Waals surface area contributed by atoms with Crippen LogP contribution in [0, 0.1) is 0 Å². The van der Waals surface area contributed by atoms with E-state index in [4.69, 9.17) is 21.5 Å². The van der Waals surface area contributed by atoms with Crippen molar-refractivity contribution >= 4 is 23.4 Å². The molecule has 0 fully saturated rings. The van der Waals surface area contributed by atoms with Crippen molar-refractivity contribution in [2.24, 2.45) is 0 Å². The van der Waals surface area contributed by atoms with E-state index in [-0.39, 0.29) is 5.78 Å². The van der Waals surface area contributed by atoms with E-state index in [9.17, 15) is 18.0 Å². The zero-order chi connectivity index (χ0) is 18.6. The number of pyridine rings is 1. The largest absolute Gasteiger partial charge is 0.490 e. The average molecular weight is 373 g/mol. The molecule has 0 saturated carbocycles. The van der Waals surface area contributed by atoms with Crippen LogP contribution >= 0.6 is 11.6 Å². The number of carboxylic acids is 1. The third-order valence-corrected chi connectivity index (χ3v) is 3.51. The van der Waals surface area contributed by atoms with Crippen LogP contribution in [0.5, 0.6) is 0 Å². The quantitative estimate of drug-likeness (QED) is 0.791. The summed E-state index contributed by atoms with van der Waals surface area (Å²) in [4.78, 5) is 25.4. The summed E-state index contributed by atoms with van der Waals surface area (Å²) in [5.74, 6) is -2.85. The lowest BCUT2D eigenvalue weighted by Crippen LogP contribution is -2.21. The number of benzene rings is 1. The second-order valence-corrected chi connectivity index (χ2v) is 5.52. The molecule has 0 unspecified atom stereocenters. The number of nitrogens with one attached hydrogen (secondary N) is 1. The first-order chi connectivity index (χ1) is 11.7. The molecule has 1 aromatic carbocycles. The van der Waals surface area contributed by atoms with Crippen molar-refractivity contribution in [2.45, 2.75) is 19.3 Å². The third-order valence-electron chi connectivity index (χ3n) is 3.28. The molecule has 1 aliphatic heterocycles. The van der Waals surface area contributed by atoms with Crippen molar-refractivity contribution in [3.05, 3.63) is 63.9 Å². The highest BCUT2D eigenvalue weighted by molar-refractivity contribution is 6.31. The predicted octanol–water partition coefficient (Wildman–Crippen LogP) is 3.20. The van der Waals surface area contributed by atoms with Gasteiger partial charge in [-0.1, -0.05) is 23.7 Å². The van der Waals surface area contributed by atoms with Gasteiger partial charge in [-0.25, -0.2) is 4.79 Å². The fourth-order valence-corrected chi connectivity index (χ4v) is 2.27. The van der Waals surface area contributed by atoms with Crippen LogP contribution < -0.4 is 5.32 Å². The Morgan fingerprint density at radius 1 is 1.16 bits per heavy atom. The number of hydrogen-bond donors (Lipinski definition) is 2. The molecular formula is C16H12ClF3N2O3. The lowest BCUT2D eigenvalue weighted by atomic mass is 10.1. The number of ketones is 1. The van der Waals surface area contributed by atoms with E-state index in [2.05, 4.69) is 10.3 Å². The fraction of sp³-hybridized carbons (Fsp3) is 0.188. The average Bonchev–Trinajstić information content (AvgIpc) is 3.01. The van der Waals surface area contributed by atoms with E-state index in [0.717, 1.165) is 24.2 Å². The monoisotopic (exact) mass is 372 g/mol. The maximum atomic E-state index is 12.3. The number of carbonyl (C=O) groups is 2. The third kappa shape index (κ3) is 5.01. The van der Waals surface area contributed by atoms with Crippen LogP contribution in [0.3, 0.4) is 0 Å². The second-order valence-electron chi connectivity index (χ2n) is 5.08. The summed E-state index contributed by atoms with van der Waals surface area (Å²) in [5, 5.41) is 10.9. The van der Waals surface area contributed by atoms with E-state index in [1.54, 1.807) is 30.5 Å². The summed E-state index contributed by atoms with van der Waals surface area (Å²) in [6.45, 7) is 1.63. The highest BCUT2D eigenvalue weighted by atomic mass is 35.5. The summed E-state index contributed by atoms with van der Waals surface area (Å²) in [7, 11) is 0. The zero-order valence-electron chi connectivity index (χ0n) is 12.6. The number of nitrogens with zero attached hydrogens (tertiary/aromatic N) is 1. The SMILES string of the molecule is O=C(O)C(F)(F)F.O=C(c1cccc(Cl)c1)c1cc2c(cn1)CNC2. The van der Waals surface area contributed by atoms with Crippen molar-refractivity contribution in [3.8, 4) is 0 Å². The number of fused-ring (bicyclic) bond motifs is 1. The zero-order valence-corrected chi connectivity index (χ0v) is 13.4. The van der Waals surface area contributed by atoms with Gasteiger partial charge in [0, 0.05) is 29.9 Å². The Hall–Kier alpha value is -2.45. The van der Waals surface area contributed by atoms with Gasteiger partial charge in [-0.3, -0.25) is 9.78 Å². The second kappa shape index (κ2) is 7.62. The minimum absolute atomic E-state index is 0.0906. The first kappa shape index (κ1) is 18.9. The Morgan fingerprint density at radius 2 is 1.80 bits per heavy atom. The van der Waals surface area contributed by atoms with Gasteiger partial charge in [-0.2, -0.15) is 13.2 Å². The van der Waals surface area contributed by atoms with E-state index in [1.165, 1.54) is 0 Å². The Morgan fingerprint density at radius 3 is 2.40 bits per heavy atom. The topological polar surface area (TPSA) is 79.3 Å². The Bertz CT molecular complexity index is 809. The Balaban J connectivity index is 0.000000277. The number of halogens is 4. The van der Waals surface area contributed by atoms with Gasteiger partial charge in [0.25, 0.3) is 0 Å². The normalized spacial score (nSPS) is 12.8. The number of carboxylic acid groups (broad SMARTS) is 1. The maximum Gasteiger partial charge on any atom is 0.490 e. The van der Waals surface area contributed by atoms with E-state index >= 15 is 0 Å².